The van der Waals surface area contributed by atoms with E-state index < -0.39 is 5.60 Å². The van der Waals surface area contributed by atoms with E-state index in [1.54, 1.807) is 0 Å². The fourth-order valence-electron chi connectivity index (χ4n) is 3.43. The second-order valence-electron chi connectivity index (χ2n) is 8.78. The van der Waals surface area contributed by atoms with Gasteiger partial charge in [0.2, 0.25) is 0 Å². The lowest BCUT2D eigenvalue weighted by atomic mass is 9.73. The molecule has 1 aliphatic rings. The van der Waals surface area contributed by atoms with Gasteiger partial charge in [-0.1, -0.05) is 40.5 Å². The van der Waals surface area contributed by atoms with Gasteiger partial charge >= 0.3 is 6.09 Å². The highest BCUT2D eigenvalue weighted by Crippen LogP contribution is 2.35. The maximum atomic E-state index is 12.2. The van der Waals surface area contributed by atoms with Gasteiger partial charge in [-0.3, -0.25) is 0 Å². The summed E-state index contributed by atoms with van der Waals surface area (Å²) in [4.78, 5) is 12.2. The first kappa shape index (κ1) is 20.3. The second kappa shape index (κ2) is 7.87. The van der Waals surface area contributed by atoms with E-state index >= 15 is 0 Å². The average Bonchev–Trinajstić information content (AvgIpc) is 2.42. The lowest BCUT2D eigenvalue weighted by Crippen LogP contribution is -2.58. The van der Waals surface area contributed by atoms with Crippen LogP contribution in [0.3, 0.4) is 0 Å². The predicted octanol–water partition coefficient (Wildman–Crippen LogP) is 4.63. The molecule has 1 aliphatic carbocycles. The topological polar surface area (TPSA) is 50.4 Å². The van der Waals surface area contributed by atoms with Gasteiger partial charge in [0, 0.05) is 12.6 Å². The van der Waals surface area contributed by atoms with Gasteiger partial charge in [0.25, 0.3) is 0 Å². The number of amides is 1. The maximum Gasteiger partial charge on any atom is 0.408 e. The van der Waals surface area contributed by atoms with Gasteiger partial charge in [-0.05, 0) is 51.9 Å². The molecule has 4 heteroatoms. The highest BCUT2D eigenvalue weighted by molar-refractivity contribution is 5.68. The molecule has 1 atom stereocenters. The van der Waals surface area contributed by atoms with E-state index in [1.165, 1.54) is 25.7 Å². The van der Waals surface area contributed by atoms with Crippen molar-refractivity contribution in [2.75, 3.05) is 6.54 Å². The third-order valence-electron chi connectivity index (χ3n) is 5.31. The Bertz CT molecular complexity index is 381. The molecule has 136 valence electrons. The fourth-order valence-corrected chi connectivity index (χ4v) is 3.43. The van der Waals surface area contributed by atoms with Crippen LogP contribution in [0.15, 0.2) is 0 Å². The van der Waals surface area contributed by atoms with E-state index in [-0.39, 0.29) is 11.6 Å². The van der Waals surface area contributed by atoms with Gasteiger partial charge in [0.05, 0.1) is 5.54 Å². The summed E-state index contributed by atoms with van der Waals surface area (Å²) in [6.45, 7) is 15.5. The number of carbonyl (C=O) groups is 1. The van der Waals surface area contributed by atoms with Crippen LogP contribution in [0.2, 0.25) is 0 Å². The van der Waals surface area contributed by atoms with E-state index in [4.69, 9.17) is 4.74 Å². The van der Waals surface area contributed by atoms with Crippen LogP contribution in [-0.4, -0.2) is 29.8 Å². The molecule has 0 saturated heterocycles. The lowest BCUT2D eigenvalue weighted by molar-refractivity contribution is 0.0436. The van der Waals surface area contributed by atoms with Gasteiger partial charge in [-0.25, -0.2) is 4.79 Å². The molecule has 0 aromatic heterocycles. The molecule has 1 amide bonds. The smallest absolute Gasteiger partial charge is 0.408 e. The number of nitrogens with one attached hydrogen (secondary N) is 2. The van der Waals surface area contributed by atoms with E-state index in [1.807, 2.05) is 20.8 Å². The van der Waals surface area contributed by atoms with E-state index in [0.717, 1.165) is 19.4 Å². The van der Waals surface area contributed by atoms with E-state index in [9.17, 15) is 4.79 Å². The minimum Gasteiger partial charge on any atom is -0.444 e. The molecule has 2 N–H and O–H groups in total. The highest BCUT2D eigenvalue weighted by atomic mass is 16.6. The molecular weight excluding hydrogens is 288 g/mol. The van der Waals surface area contributed by atoms with Crippen LogP contribution < -0.4 is 10.6 Å². The summed E-state index contributed by atoms with van der Waals surface area (Å²) in [5.41, 5.74) is -0.372. The number of hydrogen-bond donors (Lipinski definition) is 2. The number of ether oxygens (including phenoxy) is 1. The molecule has 0 bridgehead atoms. The molecule has 0 spiro atoms. The van der Waals surface area contributed by atoms with E-state index in [0.29, 0.717) is 11.5 Å². The normalized spacial score (nSPS) is 21.8. The number of alkyl carbamates (subject to hydrolysis) is 1. The Labute approximate surface area is 143 Å². The van der Waals surface area contributed by atoms with Crippen molar-refractivity contribution in [3.05, 3.63) is 0 Å². The summed E-state index contributed by atoms with van der Waals surface area (Å²) in [5.74, 6) is 0. The van der Waals surface area contributed by atoms with Crippen molar-refractivity contribution in [2.24, 2.45) is 5.41 Å². The largest absolute Gasteiger partial charge is 0.444 e. The van der Waals surface area contributed by atoms with Crippen molar-refractivity contribution in [2.45, 2.75) is 104 Å². The Kier molecular flexibility index (Phi) is 6.94. The SMILES string of the molecule is CCC(CC)(CNC1CCCCC1(C)C)NC(=O)OC(C)(C)C. The molecule has 0 aromatic carbocycles. The van der Waals surface area contributed by atoms with Gasteiger partial charge in [-0.2, -0.15) is 0 Å². The third kappa shape index (κ3) is 6.33. The van der Waals surface area contributed by atoms with Gasteiger partial charge in [-0.15, -0.1) is 0 Å². The van der Waals surface area contributed by atoms with Crippen LogP contribution in [0.25, 0.3) is 0 Å². The van der Waals surface area contributed by atoms with Crippen molar-refractivity contribution in [3.63, 3.8) is 0 Å². The van der Waals surface area contributed by atoms with Crippen LogP contribution in [0.5, 0.6) is 0 Å². The first-order valence-electron chi connectivity index (χ1n) is 9.28. The number of rotatable bonds is 6. The molecule has 0 aromatic rings. The summed E-state index contributed by atoms with van der Waals surface area (Å²) < 4.78 is 5.45. The first-order chi connectivity index (χ1) is 10.5. The first-order valence-corrected chi connectivity index (χ1v) is 9.28. The molecule has 23 heavy (non-hydrogen) atoms. The van der Waals surface area contributed by atoms with E-state index in [2.05, 4.69) is 38.3 Å². The molecule has 1 rings (SSSR count). The van der Waals surface area contributed by atoms with Gasteiger partial charge in [0.15, 0.2) is 0 Å². The van der Waals surface area contributed by atoms with Crippen molar-refractivity contribution in [1.29, 1.82) is 0 Å². The Hall–Kier alpha value is -0.770. The zero-order valence-electron chi connectivity index (χ0n) is 16.3. The van der Waals surface area contributed by atoms with Gasteiger partial charge in [0.1, 0.15) is 5.60 Å². The molecule has 0 radical (unpaired) electrons. The number of carbonyl (C=O) groups excluding carboxylic acids is 1. The summed E-state index contributed by atoms with van der Waals surface area (Å²) in [5, 5.41) is 6.88. The van der Waals surface area contributed by atoms with Crippen LogP contribution in [-0.2, 0) is 4.74 Å². The monoisotopic (exact) mass is 326 g/mol. The average molecular weight is 327 g/mol. The van der Waals surface area contributed by atoms with Gasteiger partial charge < -0.3 is 15.4 Å². The molecule has 1 fully saturated rings. The lowest BCUT2D eigenvalue weighted by Gasteiger charge is -2.42. The summed E-state index contributed by atoms with van der Waals surface area (Å²) >= 11 is 0. The number of hydrogen-bond acceptors (Lipinski definition) is 3. The minimum absolute atomic E-state index is 0.240. The molecule has 0 heterocycles. The Morgan fingerprint density at radius 3 is 2.26 bits per heavy atom. The Morgan fingerprint density at radius 2 is 1.78 bits per heavy atom. The van der Waals surface area contributed by atoms with Crippen LogP contribution in [0.4, 0.5) is 4.79 Å². The molecule has 4 nitrogen and oxygen atoms in total. The van der Waals surface area contributed by atoms with Crippen LogP contribution in [0, 0.1) is 5.41 Å². The quantitative estimate of drug-likeness (QED) is 0.748. The maximum absolute atomic E-state index is 12.2. The third-order valence-corrected chi connectivity index (χ3v) is 5.31. The zero-order valence-corrected chi connectivity index (χ0v) is 16.3. The van der Waals surface area contributed by atoms with Crippen molar-refractivity contribution < 1.29 is 9.53 Å². The molecular formula is C19H38N2O2. The van der Waals surface area contributed by atoms with Crippen molar-refractivity contribution in [1.82, 2.24) is 10.6 Å². The minimum atomic E-state index is -0.462. The van der Waals surface area contributed by atoms with Crippen molar-refractivity contribution >= 4 is 6.09 Å². The second-order valence-corrected chi connectivity index (χ2v) is 8.78. The van der Waals surface area contributed by atoms with Crippen LogP contribution >= 0.6 is 0 Å². The zero-order chi connectivity index (χ0) is 17.7. The molecule has 1 saturated carbocycles. The van der Waals surface area contributed by atoms with Crippen LogP contribution in [0.1, 0.15) is 87.0 Å². The highest BCUT2D eigenvalue weighted by Gasteiger charge is 2.35. The standard InChI is InChI=1S/C19H38N2O2/c1-8-19(9-2,21-16(22)23-17(3,4)5)14-20-15-12-10-11-13-18(15,6)7/h15,20H,8-14H2,1-7H3,(H,21,22). The Balaban J connectivity index is 2.67. The predicted molar refractivity (Wildman–Crippen MR) is 96.7 cm³/mol. The summed E-state index contributed by atoms with van der Waals surface area (Å²) in [7, 11) is 0. The fraction of sp³-hybridized carbons (Fsp3) is 0.947. The molecule has 0 aliphatic heterocycles. The summed E-state index contributed by atoms with van der Waals surface area (Å²) in [6, 6.07) is 0.522. The summed E-state index contributed by atoms with van der Waals surface area (Å²) in [6.07, 6.45) is 6.59. The Morgan fingerprint density at radius 1 is 1.17 bits per heavy atom. The van der Waals surface area contributed by atoms with Crippen molar-refractivity contribution in [3.8, 4) is 0 Å². The molecule has 1 unspecified atom stereocenters.